The summed E-state index contributed by atoms with van der Waals surface area (Å²) in [7, 11) is 0. The highest BCUT2D eigenvalue weighted by Gasteiger charge is 2.23. The van der Waals surface area contributed by atoms with Gasteiger partial charge in [0.05, 0.1) is 5.69 Å². The molecule has 4 rings (SSSR count). The van der Waals surface area contributed by atoms with E-state index in [0.717, 1.165) is 42.3 Å². The third-order valence-electron chi connectivity index (χ3n) is 4.97. The minimum atomic E-state index is -0.241. The lowest BCUT2D eigenvalue weighted by atomic mass is 10.1. The molecular weight excluding hydrogens is 376 g/mol. The summed E-state index contributed by atoms with van der Waals surface area (Å²) in [6.45, 7) is 2.55. The molecule has 0 bridgehead atoms. The van der Waals surface area contributed by atoms with Gasteiger partial charge in [-0.05, 0) is 31.4 Å². The maximum Gasteiger partial charge on any atom is 0.246 e. The lowest BCUT2D eigenvalue weighted by Crippen LogP contribution is -2.35. The zero-order chi connectivity index (χ0) is 19.3. The molecule has 0 atom stereocenters. The van der Waals surface area contributed by atoms with E-state index in [4.69, 9.17) is 0 Å². The smallest absolute Gasteiger partial charge is 0.246 e. The Hall–Kier alpha value is -2.55. The monoisotopic (exact) mass is 400 g/mol. The van der Waals surface area contributed by atoms with Crippen LogP contribution in [0.5, 0.6) is 0 Å². The van der Waals surface area contributed by atoms with Crippen molar-refractivity contribution in [1.29, 1.82) is 0 Å². The molecule has 9 heteroatoms. The number of hydrogen-bond donors (Lipinski definition) is 2. The highest BCUT2D eigenvalue weighted by Crippen LogP contribution is 2.34. The summed E-state index contributed by atoms with van der Waals surface area (Å²) in [4.78, 5) is 34.2. The van der Waals surface area contributed by atoms with Gasteiger partial charge in [0.1, 0.15) is 0 Å². The molecule has 148 valence electrons. The Morgan fingerprint density at radius 3 is 2.79 bits per heavy atom. The van der Waals surface area contributed by atoms with Crippen LogP contribution in [0.4, 0.5) is 17.6 Å². The SMILES string of the molecule is O=C(CCC(=O)N1CCSc2ccccc21)Nc1nc(N2CCCCC2)n[nH]1. The van der Waals surface area contributed by atoms with Crippen molar-refractivity contribution in [3.05, 3.63) is 24.3 Å². The number of carbonyl (C=O) groups excluding carboxylic acids is 2. The largest absolute Gasteiger partial charge is 0.340 e. The Balaban J connectivity index is 1.29. The fourth-order valence-corrected chi connectivity index (χ4v) is 4.52. The average Bonchev–Trinajstić information content (AvgIpc) is 3.20. The van der Waals surface area contributed by atoms with E-state index in [1.165, 1.54) is 6.42 Å². The molecule has 1 fully saturated rings. The van der Waals surface area contributed by atoms with E-state index in [1.54, 1.807) is 16.7 Å². The Morgan fingerprint density at radius 2 is 1.93 bits per heavy atom. The maximum absolute atomic E-state index is 12.6. The van der Waals surface area contributed by atoms with Crippen molar-refractivity contribution >= 4 is 41.2 Å². The predicted molar refractivity (Wildman–Crippen MR) is 110 cm³/mol. The van der Waals surface area contributed by atoms with Crippen molar-refractivity contribution in [2.75, 3.05) is 40.5 Å². The van der Waals surface area contributed by atoms with Crippen molar-refractivity contribution in [2.24, 2.45) is 0 Å². The third-order valence-corrected chi connectivity index (χ3v) is 6.01. The van der Waals surface area contributed by atoms with E-state index in [-0.39, 0.29) is 24.7 Å². The number of thioether (sulfide) groups is 1. The number of nitrogens with one attached hydrogen (secondary N) is 2. The first kappa shape index (κ1) is 18.8. The van der Waals surface area contributed by atoms with Gasteiger partial charge in [-0.15, -0.1) is 16.9 Å². The molecule has 1 saturated heterocycles. The number of hydrogen-bond acceptors (Lipinski definition) is 6. The maximum atomic E-state index is 12.6. The zero-order valence-corrected chi connectivity index (χ0v) is 16.5. The summed E-state index contributed by atoms with van der Waals surface area (Å²) in [5.41, 5.74) is 0.936. The molecular formula is C19H24N6O2S. The Labute approximate surface area is 168 Å². The van der Waals surface area contributed by atoms with Crippen molar-refractivity contribution in [2.45, 2.75) is 37.0 Å². The summed E-state index contributed by atoms with van der Waals surface area (Å²) in [5, 5.41) is 9.66. The number of H-pyrrole nitrogens is 1. The molecule has 1 aromatic heterocycles. The van der Waals surface area contributed by atoms with Gasteiger partial charge < -0.3 is 9.80 Å². The summed E-state index contributed by atoms with van der Waals surface area (Å²) in [6.07, 6.45) is 3.79. The van der Waals surface area contributed by atoms with Gasteiger partial charge in [-0.25, -0.2) is 5.10 Å². The normalized spacial score (nSPS) is 16.6. The van der Waals surface area contributed by atoms with Crippen LogP contribution in [0.3, 0.4) is 0 Å². The quantitative estimate of drug-likeness (QED) is 0.801. The second-order valence-electron chi connectivity index (χ2n) is 6.94. The first-order valence-electron chi connectivity index (χ1n) is 9.70. The Kier molecular flexibility index (Phi) is 5.80. The second kappa shape index (κ2) is 8.64. The predicted octanol–water partition coefficient (Wildman–Crippen LogP) is 2.65. The highest BCUT2D eigenvalue weighted by molar-refractivity contribution is 7.99. The van der Waals surface area contributed by atoms with Crippen LogP contribution in [-0.2, 0) is 9.59 Å². The lowest BCUT2D eigenvalue weighted by Gasteiger charge is -2.28. The van der Waals surface area contributed by atoms with Crippen molar-refractivity contribution in [1.82, 2.24) is 15.2 Å². The number of anilines is 3. The van der Waals surface area contributed by atoms with Crippen molar-refractivity contribution in [3.8, 4) is 0 Å². The van der Waals surface area contributed by atoms with Gasteiger partial charge in [0, 0.05) is 43.1 Å². The number of carbonyl (C=O) groups is 2. The van der Waals surface area contributed by atoms with Crippen LogP contribution in [-0.4, -0.2) is 52.4 Å². The number of fused-ring (bicyclic) bond motifs is 1. The van der Waals surface area contributed by atoms with Crippen LogP contribution in [0.2, 0.25) is 0 Å². The molecule has 3 heterocycles. The molecule has 2 aliphatic rings. The number of para-hydroxylation sites is 1. The number of nitrogens with zero attached hydrogens (tertiary/aromatic N) is 4. The molecule has 1 aromatic carbocycles. The van der Waals surface area contributed by atoms with Crippen molar-refractivity contribution in [3.63, 3.8) is 0 Å². The van der Waals surface area contributed by atoms with Gasteiger partial charge in [0.2, 0.25) is 23.7 Å². The van der Waals surface area contributed by atoms with E-state index in [0.29, 0.717) is 18.4 Å². The van der Waals surface area contributed by atoms with Gasteiger partial charge >= 0.3 is 0 Å². The van der Waals surface area contributed by atoms with Crippen LogP contribution in [0.15, 0.2) is 29.2 Å². The fourth-order valence-electron chi connectivity index (χ4n) is 3.52. The first-order chi connectivity index (χ1) is 13.7. The van der Waals surface area contributed by atoms with E-state index < -0.39 is 0 Å². The van der Waals surface area contributed by atoms with E-state index >= 15 is 0 Å². The number of piperidine rings is 1. The van der Waals surface area contributed by atoms with E-state index in [9.17, 15) is 9.59 Å². The topological polar surface area (TPSA) is 94.2 Å². The van der Waals surface area contributed by atoms with Gasteiger partial charge in [-0.1, -0.05) is 12.1 Å². The molecule has 8 nitrogen and oxygen atoms in total. The fraction of sp³-hybridized carbons (Fsp3) is 0.474. The van der Waals surface area contributed by atoms with Gasteiger partial charge in [-0.2, -0.15) is 4.98 Å². The Bertz CT molecular complexity index is 848. The number of amides is 2. The number of benzene rings is 1. The van der Waals surface area contributed by atoms with E-state index in [2.05, 4.69) is 25.4 Å². The van der Waals surface area contributed by atoms with Gasteiger partial charge in [0.25, 0.3) is 0 Å². The average molecular weight is 401 g/mol. The number of rotatable bonds is 5. The third kappa shape index (κ3) is 4.30. The molecule has 28 heavy (non-hydrogen) atoms. The highest BCUT2D eigenvalue weighted by atomic mass is 32.2. The van der Waals surface area contributed by atoms with Crippen LogP contribution in [0.25, 0.3) is 0 Å². The minimum Gasteiger partial charge on any atom is -0.340 e. The van der Waals surface area contributed by atoms with Crippen LogP contribution in [0.1, 0.15) is 32.1 Å². The second-order valence-corrected chi connectivity index (χ2v) is 8.08. The Morgan fingerprint density at radius 1 is 1.11 bits per heavy atom. The standard InChI is InChI=1S/C19H24N6O2S/c26-16(20-18-21-19(23-22-18)24-10-4-1-5-11-24)8-9-17(27)25-12-13-28-15-7-3-2-6-14(15)25/h2-3,6-7H,1,4-5,8-13H2,(H2,20,21,22,23,26). The molecule has 0 radical (unpaired) electrons. The molecule has 0 saturated carbocycles. The lowest BCUT2D eigenvalue weighted by molar-refractivity contribution is -0.122. The van der Waals surface area contributed by atoms with Crippen LogP contribution >= 0.6 is 11.8 Å². The minimum absolute atomic E-state index is 0.0329. The molecule has 0 unspecified atom stereocenters. The number of aromatic nitrogens is 3. The van der Waals surface area contributed by atoms with Gasteiger partial charge in [0.15, 0.2) is 0 Å². The molecule has 2 aromatic rings. The van der Waals surface area contributed by atoms with Gasteiger partial charge in [-0.3, -0.25) is 14.9 Å². The molecule has 2 aliphatic heterocycles. The molecule has 2 amide bonds. The summed E-state index contributed by atoms with van der Waals surface area (Å²) in [5.74, 6) is 1.54. The summed E-state index contributed by atoms with van der Waals surface area (Å²) >= 11 is 1.75. The molecule has 0 spiro atoms. The van der Waals surface area contributed by atoms with Crippen molar-refractivity contribution < 1.29 is 9.59 Å². The number of aromatic amines is 1. The van der Waals surface area contributed by atoms with E-state index in [1.807, 2.05) is 24.3 Å². The summed E-state index contributed by atoms with van der Waals surface area (Å²) in [6, 6.07) is 7.89. The van der Waals surface area contributed by atoms with Crippen LogP contribution in [0, 0.1) is 0 Å². The summed E-state index contributed by atoms with van der Waals surface area (Å²) < 4.78 is 0. The van der Waals surface area contributed by atoms with Crippen LogP contribution < -0.4 is 15.1 Å². The first-order valence-corrected chi connectivity index (χ1v) is 10.7. The molecule has 2 N–H and O–H groups in total. The zero-order valence-electron chi connectivity index (χ0n) is 15.7. The molecule has 0 aliphatic carbocycles.